The molecule has 4 nitrogen and oxygen atoms in total. The van der Waals surface area contributed by atoms with Gasteiger partial charge in [0.2, 0.25) is 5.91 Å². The lowest BCUT2D eigenvalue weighted by Gasteiger charge is -2.27. The second-order valence-electron chi connectivity index (χ2n) is 4.09. The Balaban J connectivity index is 2.13. The predicted octanol–water partition coefficient (Wildman–Crippen LogP) is 0.537. The van der Waals surface area contributed by atoms with Crippen LogP contribution in [0.25, 0.3) is 0 Å². The van der Waals surface area contributed by atoms with E-state index in [9.17, 15) is 9.82 Å². The molecule has 0 spiro atoms. The summed E-state index contributed by atoms with van der Waals surface area (Å²) in [6.07, 6.45) is 0.691. The number of benzene rings is 1. The highest BCUT2D eigenvalue weighted by Crippen LogP contribution is 2.33. The maximum atomic E-state index is 10.7. The zero-order chi connectivity index (χ0) is 12.4. The lowest BCUT2D eigenvalue weighted by molar-refractivity contribution is -0.115. The van der Waals surface area contributed by atoms with Gasteiger partial charge in [0.25, 0.3) is 0 Å². The number of primary amides is 1. The van der Waals surface area contributed by atoms with E-state index in [0.29, 0.717) is 6.42 Å². The molecule has 6 heteroatoms. The molecular weight excluding hydrogens is 237 g/mol. The predicted molar refractivity (Wildman–Crippen MR) is 68.9 cm³/mol. The standard InChI is InChI=1S/C11H14BNO3S/c1-7-3-2-4-8-5-9(17-6-10(13)14)12(15)16-11(7)8/h2-4,9,15H,5-6H2,1H3,(H2,13,14)/t9-/m0/s1. The number of fused-ring (bicyclic) bond motifs is 1. The summed E-state index contributed by atoms with van der Waals surface area (Å²) in [5, 5.41) is 9.72. The number of amides is 1. The van der Waals surface area contributed by atoms with Crippen LogP contribution in [0.5, 0.6) is 5.75 Å². The third-order valence-electron chi connectivity index (χ3n) is 2.71. The van der Waals surface area contributed by atoms with Gasteiger partial charge in [-0.15, -0.1) is 11.8 Å². The van der Waals surface area contributed by atoms with Crippen LogP contribution in [0, 0.1) is 6.92 Å². The highest BCUT2D eigenvalue weighted by atomic mass is 32.2. The Labute approximate surface area is 105 Å². The number of thioether (sulfide) groups is 1. The van der Waals surface area contributed by atoms with E-state index in [2.05, 4.69) is 0 Å². The first kappa shape index (κ1) is 12.3. The number of para-hydroxylation sites is 1. The molecule has 1 aromatic rings. The zero-order valence-corrected chi connectivity index (χ0v) is 10.4. The van der Waals surface area contributed by atoms with Crippen LogP contribution in [0.15, 0.2) is 18.2 Å². The maximum absolute atomic E-state index is 10.7. The molecule has 0 bridgehead atoms. The Morgan fingerprint density at radius 2 is 2.47 bits per heavy atom. The molecule has 0 saturated carbocycles. The summed E-state index contributed by atoms with van der Waals surface area (Å²) < 4.78 is 5.49. The van der Waals surface area contributed by atoms with E-state index in [1.165, 1.54) is 11.8 Å². The molecule has 1 aromatic carbocycles. The molecule has 3 N–H and O–H groups in total. The van der Waals surface area contributed by atoms with Gasteiger partial charge in [-0.3, -0.25) is 4.79 Å². The topological polar surface area (TPSA) is 72.6 Å². The van der Waals surface area contributed by atoms with Gasteiger partial charge in [-0.1, -0.05) is 18.2 Å². The van der Waals surface area contributed by atoms with Crippen molar-refractivity contribution in [1.29, 1.82) is 0 Å². The van der Waals surface area contributed by atoms with Crippen molar-refractivity contribution in [3.63, 3.8) is 0 Å². The third-order valence-corrected chi connectivity index (χ3v) is 3.99. The molecule has 0 radical (unpaired) electrons. The molecule has 1 heterocycles. The smallest absolute Gasteiger partial charge is 0.535 e. The second-order valence-corrected chi connectivity index (χ2v) is 5.32. The normalized spacial score (nSPS) is 18.5. The molecule has 0 fully saturated rings. The molecule has 1 atom stereocenters. The molecule has 0 aromatic heterocycles. The van der Waals surface area contributed by atoms with Gasteiger partial charge in [0, 0.05) is 0 Å². The van der Waals surface area contributed by atoms with Gasteiger partial charge in [0.15, 0.2) is 0 Å². The third kappa shape index (κ3) is 2.76. The molecule has 0 saturated heterocycles. The van der Waals surface area contributed by atoms with Gasteiger partial charge in [-0.05, 0) is 24.5 Å². The highest BCUT2D eigenvalue weighted by molar-refractivity contribution is 8.01. The maximum Gasteiger partial charge on any atom is 0.536 e. The molecular formula is C11H14BNO3S. The fraction of sp³-hybridized carbons (Fsp3) is 0.364. The minimum Gasteiger partial charge on any atom is -0.535 e. The van der Waals surface area contributed by atoms with E-state index in [4.69, 9.17) is 10.4 Å². The second kappa shape index (κ2) is 5.02. The van der Waals surface area contributed by atoms with Gasteiger partial charge >= 0.3 is 7.12 Å². The van der Waals surface area contributed by atoms with Gasteiger partial charge in [0.05, 0.1) is 10.9 Å². The molecule has 0 aliphatic carbocycles. The summed E-state index contributed by atoms with van der Waals surface area (Å²) in [4.78, 5) is 10.7. The van der Waals surface area contributed by atoms with Crippen LogP contribution < -0.4 is 10.4 Å². The van der Waals surface area contributed by atoms with E-state index >= 15 is 0 Å². The first-order valence-corrected chi connectivity index (χ1v) is 6.46. The number of nitrogens with two attached hydrogens (primary N) is 1. The summed E-state index contributed by atoms with van der Waals surface area (Å²) in [5.74, 6) is 0.583. The van der Waals surface area contributed by atoms with Gasteiger partial charge in [0.1, 0.15) is 5.75 Å². The fourth-order valence-corrected chi connectivity index (χ4v) is 2.78. The summed E-state index contributed by atoms with van der Waals surface area (Å²) in [5.41, 5.74) is 7.17. The first-order chi connectivity index (χ1) is 8.08. The highest BCUT2D eigenvalue weighted by Gasteiger charge is 2.35. The summed E-state index contributed by atoms with van der Waals surface area (Å²) in [7, 11) is -0.882. The van der Waals surface area contributed by atoms with Crippen molar-refractivity contribution in [2.45, 2.75) is 18.5 Å². The van der Waals surface area contributed by atoms with Crippen LogP contribution in [0.3, 0.4) is 0 Å². The van der Waals surface area contributed by atoms with Crippen molar-refractivity contribution in [2.24, 2.45) is 5.73 Å². The molecule has 17 heavy (non-hydrogen) atoms. The largest absolute Gasteiger partial charge is 0.536 e. The Kier molecular flexibility index (Phi) is 3.64. The van der Waals surface area contributed by atoms with Crippen molar-refractivity contribution in [3.8, 4) is 5.75 Å². The van der Waals surface area contributed by atoms with Crippen molar-refractivity contribution in [2.75, 3.05) is 5.75 Å². The number of aryl methyl sites for hydroxylation is 1. The van der Waals surface area contributed by atoms with Crippen LogP contribution in [0.4, 0.5) is 0 Å². The van der Waals surface area contributed by atoms with Crippen LogP contribution >= 0.6 is 11.8 Å². The van der Waals surface area contributed by atoms with Gasteiger partial charge in [-0.2, -0.15) is 0 Å². The quantitative estimate of drug-likeness (QED) is 0.769. The molecule has 1 aliphatic heterocycles. The average Bonchev–Trinajstić information content (AvgIpc) is 2.28. The van der Waals surface area contributed by atoms with Gasteiger partial charge < -0.3 is 15.4 Å². The Hall–Kier alpha value is -1.14. The zero-order valence-electron chi connectivity index (χ0n) is 9.55. The van der Waals surface area contributed by atoms with E-state index in [1.807, 2.05) is 25.1 Å². The molecule has 2 rings (SSSR count). The lowest BCUT2D eigenvalue weighted by Crippen LogP contribution is -2.41. The number of carbonyl (C=O) groups is 1. The fourth-order valence-electron chi connectivity index (χ4n) is 1.89. The van der Waals surface area contributed by atoms with Crippen LogP contribution in [0.2, 0.25) is 0 Å². The van der Waals surface area contributed by atoms with Crippen LogP contribution in [-0.4, -0.2) is 29.0 Å². The summed E-state index contributed by atoms with van der Waals surface area (Å²) >= 11 is 1.33. The lowest BCUT2D eigenvalue weighted by atomic mass is 9.77. The molecule has 1 amide bonds. The Morgan fingerprint density at radius 3 is 3.18 bits per heavy atom. The number of hydrogen-bond acceptors (Lipinski definition) is 4. The monoisotopic (exact) mass is 251 g/mol. The van der Waals surface area contributed by atoms with Crippen molar-refractivity contribution in [1.82, 2.24) is 0 Å². The molecule has 1 aliphatic rings. The average molecular weight is 251 g/mol. The van der Waals surface area contributed by atoms with E-state index in [1.54, 1.807) is 0 Å². The Morgan fingerprint density at radius 1 is 1.71 bits per heavy atom. The van der Waals surface area contributed by atoms with E-state index in [-0.39, 0.29) is 16.8 Å². The summed E-state index contributed by atoms with van der Waals surface area (Å²) in [6.45, 7) is 1.95. The van der Waals surface area contributed by atoms with Crippen LogP contribution in [0.1, 0.15) is 11.1 Å². The van der Waals surface area contributed by atoms with Crippen molar-refractivity contribution < 1.29 is 14.5 Å². The number of hydrogen-bond donors (Lipinski definition) is 2. The van der Waals surface area contributed by atoms with E-state index < -0.39 is 7.12 Å². The number of rotatable bonds is 3. The molecule has 90 valence electrons. The SMILES string of the molecule is Cc1cccc2c1OB(O)[C@@H](SCC(N)=O)C2. The van der Waals surface area contributed by atoms with Crippen molar-refractivity contribution in [3.05, 3.63) is 29.3 Å². The van der Waals surface area contributed by atoms with E-state index in [0.717, 1.165) is 16.9 Å². The Bertz CT molecular complexity index is 441. The van der Waals surface area contributed by atoms with Crippen LogP contribution in [-0.2, 0) is 11.2 Å². The minimum atomic E-state index is -0.882. The van der Waals surface area contributed by atoms with Crippen molar-refractivity contribution >= 4 is 24.8 Å². The first-order valence-electron chi connectivity index (χ1n) is 5.41. The summed E-state index contributed by atoms with van der Waals surface area (Å²) in [6, 6.07) is 5.89. The number of carbonyl (C=O) groups excluding carboxylic acids is 1. The molecule has 0 unspecified atom stereocenters. The minimum absolute atomic E-state index is 0.142. The van der Waals surface area contributed by atoms with Gasteiger partial charge in [-0.25, -0.2) is 0 Å².